The highest BCUT2D eigenvalue weighted by Gasteiger charge is 2.20. The lowest BCUT2D eigenvalue weighted by molar-refractivity contribution is -0.137. The van der Waals surface area contributed by atoms with Crippen LogP contribution in [0.1, 0.15) is 43.0 Å². The Morgan fingerprint density at radius 1 is 0.729 bits per heavy atom. The topological polar surface area (TPSA) is 113 Å². The number of carboxylic acids is 1. The van der Waals surface area contributed by atoms with Gasteiger partial charge in [0.2, 0.25) is 5.91 Å². The quantitative estimate of drug-likeness (QED) is 0.111. The molecule has 0 saturated heterocycles. The molecule has 0 spiro atoms. The molecule has 9 heteroatoms. The third kappa shape index (κ3) is 8.96. The van der Waals surface area contributed by atoms with E-state index in [0.717, 1.165) is 22.3 Å². The molecule has 48 heavy (non-hydrogen) atoms. The van der Waals surface area contributed by atoms with Gasteiger partial charge in [0, 0.05) is 22.8 Å². The number of anilines is 1. The zero-order valence-corrected chi connectivity index (χ0v) is 27.2. The fraction of sp³-hybridized carbons (Fsp3) is 0.128. The van der Waals surface area contributed by atoms with E-state index in [1.807, 2.05) is 56.3 Å². The summed E-state index contributed by atoms with van der Waals surface area (Å²) in [7, 11) is 0. The zero-order chi connectivity index (χ0) is 34.2. The highest BCUT2D eigenvalue weighted by Crippen LogP contribution is 2.22. The number of hydrogen-bond acceptors (Lipinski definition) is 5. The fourth-order valence-corrected chi connectivity index (χ4v) is 5.16. The minimum atomic E-state index is -1.16. The van der Waals surface area contributed by atoms with Gasteiger partial charge in [-0.2, -0.15) is 0 Å². The molecule has 0 saturated carbocycles. The van der Waals surface area contributed by atoms with Gasteiger partial charge < -0.3 is 20.1 Å². The smallest absolute Gasteiger partial charge is 0.343 e. The van der Waals surface area contributed by atoms with Gasteiger partial charge in [-0.25, -0.2) is 4.79 Å². The van der Waals surface area contributed by atoms with E-state index in [2.05, 4.69) is 5.32 Å². The number of ether oxygens (including phenoxy) is 1. The first kappa shape index (κ1) is 33.6. The van der Waals surface area contributed by atoms with Crippen LogP contribution in [0.15, 0.2) is 115 Å². The zero-order valence-electron chi connectivity index (χ0n) is 26.4. The first-order chi connectivity index (χ1) is 23.0. The highest BCUT2D eigenvalue weighted by molar-refractivity contribution is 6.31. The van der Waals surface area contributed by atoms with E-state index in [-0.39, 0.29) is 24.4 Å². The molecule has 0 fully saturated rings. The normalized spacial score (nSPS) is 10.6. The van der Waals surface area contributed by atoms with E-state index >= 15 is 0 Å². The Labute approximate surface area is 283 Å². The van der Waals surface area contributed by atoms with Crippen molar-refractivity contribution in [1.29, 1.82) is 0 Å². The second-order valence-corrected chi connectivity index (χ2v) is 11.8. The summed E-state index contributed by atoms with van der Waals surface area (Å²) in [6, 6.07) is 33.5. The van der Waals surface area contributed by atoms with E-state index in [4.69, 9.17) is 16.3 Å². The van der Waals surface area contributed by atoms with E-state index in [9.17, 15) is 24.3 Å². The van der Waals surface area contributed by atoms with Crippen LogP contribution in [-0.2, 0) is 22.6 Å². The third-order valence-electron chi connectivity index (χ3n) is 7.63. The average Bonchev–Trinajstić information content (AvgIpc) is 3.07. The van der Waals surface area contributed by atoms with Crippen molar-refractivity contribution < 1.29 is 29.0 Å². The van der Waals surface area contributed by atoms with E-state index in [0.29, 0.717) is 27.6 Å². The number of nitrogens with one attached hydrogen (secondary N) is 1. The summed E-state index contributed by atoms with van der Waals surface area (Å²) in [4.78, 5) is 51.4. The lowest BCUT2D eigenvalue weighted by atomic mass is 10.0. The van der Waals surface area contributed by atoms with Crippen LogP contribution in [0, 0.1) is 13.8 Å². The molecule has 0 atom stereocenters. The molecule has 0 radical (unpaired) electrons. The summed E-state index contributed by atoms with van der Waals surface area (Å²) in [5, 5.41) is 12.9. The van der Waals surface area contributed by atoms with Gasteiger partial charge >= 0.3 is 11.9 Å². The van der Waals surface area contributed by atoms with Crippen LogP contribution in [0.3, 0.4) is 0 Å². The molecule has 0 unspecified atom stereocenters. The molecule has 0 aliphatic rings. The summed E-state index contributed by atoms with van der Waals surface area (Å²) in [6.07, 6.45) is 0.157. The number of carbonyl (C=O) groups excluding carboxylic acids is 3. The number of benzene rings is 5. The molecular weight excluding hydrogens is 628 g/mol. The summed E-state index contributed by atoms with van der Waals surface area (Å²) in [5.41, 5.74) is 6.71. The molecule has 5 rings (SSSR count). The van der Waals surface area contributed by atoms with Crippen LogP contribution < -0.4 is 10.1 Å². The Morgan fingerprint density at radius 3 is 1.92 bits per heavy atom. The number of aryl methyl sites for hydroxylation is 2. The van der Waals surface area contributed by atoms with Crippen LogP contribution in [0.5, 0.6) is 5.75 Å². The maximum absolute atomic E-state index is 13.3. The maximum atomic E-state index is 13.3. The van der Waals surface area contributed by atoms with Gasteiger partial charge in [0.1, 0.15) is 12.3 Å². The predicted molar refractivity (Wildman–Crippen MR) is 185 cm³/mol. The first-order valence-electron chi connectivity index (χ1n) is 15.2. The lowest BCUT2D eigenvalue weighted by Gasteiger charge is -2.21. The van der Waals surface area contributed by atoms with Crippen LogP contribution >= 0.6 is 11.6 Å². The molecule has 0 aliphatic heterocycles. The van der Waals surface area contributed by atoms with E-state index in [1.165, 1.54) is 22.6 Å². The van der Waals surface area contributed by atoms with E-state index in [1.54, 1.807) is 60.7 Å². The molecule has 0 aliphatic carbocycles. The fourth-order valence-electron chi connectivity index (χ4n) is 5.04. The Kier molecular flexibility index (Phi) is 10.7. The van der Waals surface area contributed by atoms with Gasteiger partial charge in [0.25, 0.3) is 5.91 Å². The van der Waals surface area contributed by atoms with Crippen molar-refractivity contribution in [3.63, 3.8) is 0 Å². The summed E-state index contributed by atoms with van der Waals surface area (Å²) >= 11 is 6.06. The molecule has 5 aromatic rings. The predicted octanol–water partition coefficient (Wildman–Crippen LogP) is 7.75. The Balaban J connectivity index is 1.18. The van der Waals surface area contributed by atoms with E-state index < -0.39 is 24.4 Å². The number of carbonyl (C=O) groups is 4. The highest BCUT2D eigenvalue weighted by atomic mass is 35.5. The van der Waals surface area contributed by atoms with Crippen molar-refractivity contribution in [3.05, 3.63) is 154 Å². The van der Waals surface area contributed by atoms with Crippen LogP contribution in [0.25, 0.3) is 11.1 Å². The Morgan fingerprint density at radius 2 is 1.31 bits per heavy atom. The van der Waals surface area contributed by atoms with Crippen LogP contribution in [0.2, 0.25) is 5.02 Å². The number of esters is 1. The van der Waals surface area contributed by atoms with Gasteiger partial charge in [-0.3, -0.25) is 14.4 Å². The van der Waals surface area contributed by atoms with Gasteiger partial charge in [-0.05, 0) is 96.3 Å². The second-order valence-electron chi connectivity index (χ2n) is 11.4. The molecule has 0 heterocycles. The third-order valence-corrected chi connectivity index (χ3v) is 8.05. The van der Waals surface area contributed by atoms with Crippen molar-refractivity contribution in [3.8, 4) is 16.9 Å². The minimum Gasteiger partial charge on any atom is -0.480 e. The first-order valence-corrected chi connectivity index (χ1v) is 15.6. The van der Waals surface area contributed by atoms with Gasteiger partial charge in [0.05, 0.1) is 12.0 Å². The summed E-state index contributed by atoms with van der Waals surface area (Å²) < 4.78 is 5.54. The lowest BCUT2D eigenvalue weighted by Crippen LogP contribution is -2.35. The number of amides is 2. The summed E-state index contributed by atoms with van der Waals surface area (Å²) in [5.74, 6) is -2.08. The SMILES string of the molecule is Cc1ccc(-c2ccc(C(=O)Oc3ccc(CN(CC(=O)O)C(=O)c4ccc(NC(=O)Cc5ccc(Cl)c(C)c5)cc4)cc3)cc2)cc1. The largest absolute Gasteiger partial charge is 0.480 e. The monoisotopic (exact) mass is 660 g/mol. The minimum absolute atomic E-state index is 0.0127. The Bertz CT molecular complexity index is 1940. The van der Waals surface area contributed by atoms with Crippen LogP contribution in [-0.4, -0.2) is 40.3 Å². The molecule has 2 N–H and O–H groups in total. The van der Waals surface area contributed by atoms with Gasteiger partial charge in [0.15, 0.2) is 0 Å². The van der Waals surface area contributed by atoms with Gasteiger partial charge in [-0.15, -0.1) is 0 Å². The molecule has 0 bridgehead atoms. The Hall–Kier alpha value is -5.73. The van der Waals surface area contributed by atoms with Crippen molar-refractivity contribution >= 4 is 41.0 Å². The van der Waals surface area contributed by atoms with Gasteiger partial charge in [-0.1, -0.05) is 77.8 Å². The average molecular weight is 661 g/mol. The van der Waals surface area contributed by atoms with Crippen molar-refractivity contribution in [1.82, 2.24) is 4.90 Å². The standard InChI is InChI=1S/C39H33ClN2O6/c1-25-3-8-29(9-4-25)30-10-12-32(13-11-30)39(47)48-34-18-5-27(6-19-34)23-42(24-37(44)45)38(46)31-14-16-33(17-15-31)41-36(43)22-28-7-20-35(40)26(2)21-28/h3-21H,22-24H2,1-2H3,(H,41,43)(H,44,45). The second kappa shape index (κ2) is 15.2. The van der Waals surface area contributed by atoms with Crippen molar-refractivity contribution in [2.45, 2.75) is 26.8 Å². The molecule has 242 valence electrons. The molecule has 2 amide bonds. The molecule has 0 aromatic heterocycles. The summed E-state index contributed by atoms with van der Waals surface area (Å²) in [6.45, 7) is 3.39. The number of hydrogen-bond donors (Lipinski definition) is 2. The number of halogens is 1. The molecule has 8 nitrogen and oxygen atoms in total. The molecule has 5 aromatic carbocycles. The van der Waals surface area contributed by atoms with Crippen molar-refractivity contribution in [2.75, 3.05) is 11.9 Å². The van der Waals surface area contributed by atoms with Crippen LogP contribution in [0.4, 0.5) is 5.69 Å². The number of rotatable bonds is 11. The number of aliphatic carboxylic acids is 1. The number of carboxylic acid groups (broad SMARTS) is 1. The number of nitrogens with zero attached hydrogens (tertiary/aromatic N) is 1. The maximum Gasteiger partial charge on any atom is 0.343 e. The molecular formula is C39H33ClN2O6. The van der Waals surface area contributed by atoms with Crippen molar-refractivity contribution in [2.24, 2.45) is 0 Å².